The average Bonchev–Trinajstić information content (AvgIpc) is 2.90. The van der Waals surface area contributed by atoms with Crippen molar-refractivity contribution in [2.75, 3.05) is 6.61 Å². The van der Waals surface area contributed by atoms with Gasteiger partial charge in [-0.05, 0) is 42.4 Å². The van der Waals surface area contributed by atoms with Crippen molar-refractivity contribution in [2.24, 2.45) is 5.92 Å². The van der Waals surface area contributed by atoms with Crippen molar-refractivity contribution in [3.63, 3.8) is 0 Å². The lowest BCUT2D eigenvalue weighted by Gasteiger charge is -2.18. The lowest BCUT2D eigenvalue weighted by atomic mass is 9.93. The summed E-state index contributed by atoms with van der Waals surface area (Å²) in [5, 5.41) is 10.3. The summed E-state index contributed by atoms with van der Waals surface area (Å²) in [5.41, 5.74) is 2.80. The zero-order valence-corrected chi connectivity index (χ0v) is 12.4. The lowest BCUT2D eigenvalue weighted by molar-refractivity contribution is 0.217. The lowest BCUT2D eigenvalue weighted by Crippen LogP contribution is -2.16. The third-order valence-corrected chi connectivity index (χ3v) is 5.28. The van der Waals surface area contributed by atoms with E-state index in [2.05, 4.69) is 48.5 Å². The maximum absolute atomic E-state index is 9.66. The summed E-state index contributed by atoms with van der Waals surface area (Å²) in [4.78, 5) is 1.42. The van der Waals surface area contributed by atoms with Crippen LogP contribution in [0.15, 0.2) is 59.5 Å². The highest BCUT2D eigenvalue weighted by Crippen LogP contribution is 2.39. The monoisotopic (exact) mass is 284 g/mol. The van der Waals surface area contributed by atoms with Gasteiger partial charge in [0.2, 0.25) is 0 Å². The van der Waals surface area contributed by atoms with E-state index in [1.165, 1.54) is 16.0 Å². The highest BCUT2D eigenvalue weighted by molar-refractivity contribution is 8.00. The summed E-state index contributed by atoms with van der Waals surface area (Å²) in [5.74, 6) is 0.365. The van der Waals surface area contributed by atoms with Crippen LogP contribution in [0.25, 0.3) is 0 Å². The smallest absolute Gasteiger partial charge is 0.0462 e. The van der Waals surface area contributed by atoms with Gasteiger partial charge in [0.05, 0.1) is 0 Å². The fraction of sp³-hybridized carbons (Fsp3) is 0.333. The first-order chi connectivity index (χ1) is 9.85. The normalized spacial score (nSPS) is 18.8. The van der Waals surface area contributed by atoms with Crippen molar-refractivity contribution >= 4 is 11.8 Å². The molecule has 1 aliphatic rings. The van der Waals surface area contributed by atoms with E-state index in [4.69, 9.17) is 0 Å². The molecule has 0 spiro atoms. The molecule has 2 aromatic rings. The predicted octanol–water partition coefficient (Wildman–Crippen LogP) is 3.94. The number of thioether (sulfide) groups is 1. The molecule has 0 aliphatic carbocycles. The highest BCUT2D eigenvalue weighted by Gasteiger charge is 2.24. The van der Waals surface area contributed by atoms with Crippen LogP contribution in [0.4, 0.5) is 0 Å². The number of aliphatic hydroxyl groups is 1. The van der Waals surface area contributed by atoms with Crippen LogP contribution in [0.5, 0.6) is 0 Å². The Morgan fingerprint density at radius 1 is 1.05 bits per heavy atom. The van der Waals surface area contributed by atoms with Crippen LogP contribution in [-0.4, -0.2) is 17.0 Å². The van der Waals surface area contributed by atoms with E-state index in [-0.39, 0.29) is 6.61 Å². The largest absolute Gasteiger partial charge is 0.396 e. The van der Waals surface area contributed by atoms with E-state index < -0.39 is 0 Å². The first-order valence-electron chi connectivity index (χ1n) is 7.24. The molecular formula is C18H20OS. The Morgan fingerprint density at radius 2 is 1.80 bits per heavy atom. The molecule has 20 heavy (non-hydrogen) atoms. The van der Waals surface area contributed by atoms with Crippen LogP contribution in [0.1, 0.15) is 17.5 Å². The first-order valence-corrected chi connectivity index (χ1v) is 8.12. The third kappa shape index (κ3) is 3.25. The van der Waals surface area contributed by atoms with E-state index in [0.717, 1.165) is 19.3 Å². The molecule has 0 saturated heterocycles. The minimum Gasteiger partial charge on any atom is -0.396 e. The zero-order chi connectivity index (χ0) is 13.8. The van der Waals surface area contributed by atoms with Crippen LogP contribution in [-0.2, 0) is 12.8 Å². The summed E-state index contributed by atoms with van der Waals surface area (Å²) in [6.07, 6.45) is 3.21. The Labute approximate surface area is 125 Å². The van der Waals surface area contributed by atoms with Gasteiger partial charge in [-0.1, -0.05) is 48.5 Å². The molecule has 0 bridgehead atoms. The van der Waals surface area contributed by atoms with Gasteiger partial charge in [0.1, 0.15) is 0 Å². The van der Waals surface area contributed by atoms with E-state index in [1.54, 1.807) is 0 Å². The van der Waals surface area contributed by atoms with Crippen molar-refractivity contribution in [2.45, 2.75) is 29.4 Å². The summed E-state index contributed by atoms with van der Waals surface area (Å²) >= 11 is 1.98. The number of hydrogen-bond donors (Lipinski definition) is 1. The molecular weight excluding hydrogens is 264 g/mol. The van der Waals surface area contributed by atoms with Crippen LogP contribution < -0.4 is 0 Å². The molecule has 0 amide bonds. The van der Waals surface area contributed by atoms with Gasteiger partial charge >= 0.3 is 0 Å². The maximum atomic E-state index is 9.66. The number of hydrogen-bond acceptors (Lipinski definition) is 2. The molecule has 2 atom stereocenters. The number of fused-ring (bicyclic) bond motifs is 1. The van der Waals surface area contributed by atoms with Gasteiger partial charge in [-0.15, -0.1) is 11.8 Å². The molecule has 1 N–H and O–H groups in total. The summed E-state index contributed by atoms with van der Waals surface area (Å²) in [6, 6.07) is 19.2. The van der Waals surface area contributed by atoms with E-state index in [0.29, 0.717) is 11.2 Å². The average molecular weight is 284 g/mol. The summed E-state index contributed by atoms with van der Waals surface area (Å²) < 4.78 is 0. The topological polar surface area (TPSA) is 20.2 Å². The SMILES string of the molecule is OCC(Cc1ccccc1)CC1Cc2ccccc2S1. The number of rotatable bonds is 5. The van der Waals surface area contributed by atoms with Crippen LogP contribution >= 0.6 is 11.8 Å². The number of aliphatic hydroxyl groups excluding tert-OH is 1. The molecule has 3 rings (SSSR count). The third-order valence-electron chi connectivity index (χ3n) is 3.94. The minimum atomic E-state index is 0.280. The van der Waals surface area contributed by atoms with E-state index in [1.807, 2.05) is 17.8 Å². The maximum Gasteiger partial charge on any atom is 0.0462 e. The molecule has 1 heterocycles. The van der Waals surface area contributed by atoms with Gasteiger partial charge in [-0.25, -0.2) is 0 Å². The van der Waals surface area contributed by atoms with Crippen molar-refractivity contribution < 1.29 is 5.11 Å². The first kappa shape index (κ1) is 13.7. The van der Waals surface area contributed by atoms with E-state index >= 15 is 0 Å². The molecule has 0 saturated carbocycles. The molecule has 2 unspecified atom stereocenters. The predicted molar refractivity (Wildman–Crippen MR) is 85.1 cm³/mol. The zero-order valence-electron chi connectivity index (χ0n) is 11.5. The standard InChI is InChI=1S/C18H20OS/c19-13-15(10-14-6-2-1-3-7-14)11-17-12-16-8-4-5-9-18(16)20-17/h1-9,15,17,19H,10-13H2. The van der Waals surface area contributed by atoms with E-state index in [9.17, 15) is 5.11 Å². The molecule has 2 aromatic carbocycles. The van der Waals surface area contributed by atoms with Crippen LogP contribution in [0, 0.1) is 5.92 Å². The van der Waals surface area contributed by atoms with Gasteiger partial charge < -0.3 is 5.11 Å². The van der Waals surface area contributed by atoms with Gasteiger partial charge in [0.25, 0.3) is 0 Å². The van der Waals surface area contributed by atoms with Gasteiger partial charge in [0, 0.05) is 16.8 Å². The summed E-state index contributed by atoms with van der Waals surface area (Å²) in [6.45, 7) is 0.280. The molecule has 1 nitrogen and oxygen atoms in total. The van der Waals surface area contributed by atoms with Crippen LogP contribution in [0.2, 0.25) is 0 Å². The van der Waals surface area contributed by atoms with Crippen molar-refractivity contribution in [1.29, 1.82) is 0 Å². The summed E-state index contributed by atoms with van der Waals surface area (Å²) in [7, 11) is 0. The minimum absolute atomic E-state index is 0.280. The Kier molecular flexibility index (Phi) is 4.44. The molecule has 0 aromatic heterocycles. The van der Waals surface area contributed by atoms with Crippen molar-refractivity contribution in [3.05, 3.63) is 65.7 Å². The van der Waals surface area contributed by atoms with Gasteiger partial charge in [0.15, 0.2) is 0 Å². The quantitative estimate of drug-likeness (QED) is 0.897. The molecule has 0 fully saturated rings. The molecule has 0 radical (unpaired) electrons. The Hall–Kier alpha value is -1.25. The fourth-order valence-electron chi connectivity index (χ4n) is 2.93. The number of benzene rings is 2. The molecule has 2 heteroatoms. The Morgan fingerprint density at radius 3 is 2.55 bits per heavy atom. The second kappa shape index (κ2) is 6.47. The Balaban J connectivity index is 1.60. The molecule has 1 aliphatic heterocycles. The fourth-order valence-corrected chi connectivity index (χ4v) is 4.38. The van der Waals surface area contributed by atoms with Crippen molar-refractivity contribution in [3.8, 4) is 0 Å². The van der Waals surface area contributed by atoms with Crippen LogP contribution in [0.3, 0.4) is 0 Å². The highest BCUT2D eigenvalue weighted by atomic mass is 32.2. The second-order valence-corrected chi connectivity index (χ2v) is 6.87. The van der Waals surface area contributed by atoms with Gasteiger partial charge in [-0.3, -0.25) is 0 Å². The second-order valence-electron chi connectivity index (χ2n) is 5.53. The van der Waals surface area contributed by atoms with Crippen molar-refractivity contribution in [1.82, 2.24) is 0 Å². The van der Waals surface area contributed by atoms with Gasteiger partial charge in [-0.2, -0.15) is 0 Å². The Bertz CT molecular complexity index is 527. The molecule has 104 valence electrons.